The number of ether oxygens (including phenoxy) is 1. The fraction of sp³-hybridized carbons (Fsp3) is 0.500. The van der Waals surface area contributed by atoms with Crippen molar-refractivity contribution in [2.75, 3.05) is 0 Å². The fourth-order valence-corrected chi connectivity index (χ4v) is 2.28. The SMILES string of the molecule is C[SiH2]Cc1ccc(OC(C)(C)C)cc1. The van der Waals surface area contributed by atoms with Crippen molar-refractivity contribution < 1.29 is 4.74 Å². The van der Waals surface area contributed by atoms with E-state index in [9.17, 15) is 0 Å². The number of benzene rings is 1. The molecule has 0 atom stereocenters. The molecule has 1 nitrogen and oxygen atoms in total. The summed E-state index contributed by atoms with van der Waals surface area (Å²) < 4.78 is 5.75. The molecule has 0 radical (unpaired) electrons. The molecular formula is C12H20OSi. The third kappa shape index (κ3) is 3.96. The van der Waals surface area contributed by atoms with Crippen molar-refractivity contribution in [1.29, 1.82) is 0 Å². The third-order valence-corrected chi connectivity index (χ3v) is 2.96. The van der Waals surface area contributed by atoms with Crippen LogP contribution in [0, 0.1) is 0 Å². The standard InChI is InChI=1S/C12H20OSi/c1-12(2,3)13-11-7-5-10(6-8-11)9-14-4/h5-8H,9,14H2,1-4H3. The molecule has 1 aromatic rings. The lowest BCUT2D eigenvalue weighted by molar-refractivity contribution is 0.131. The molecule has 0 fully saturated rings. The van der Waals surface area contributed by atoms with Gasteiger partial charge in [0.2, 0.25) is 0 Å². The van der Waals surface area contributed by atoms with Gasteiger partial charge in [-0.25, -0.2) is 0 Å². The quantitative estimate of drug-likeness (QED) is 0.694. The Bertz CT molecular complexity index is 271. The Balaban J connectivity index is 2.64. The van der Waals surface area contributed by atoms with Gasteiger partial charge in [0.25, 0.3) is 0 Å². The summed E-state index contributed by atoms with van der Waals surface area (Å²) in [5.41, 5.74) is 1.35. The van der Waals surface area contributed by atoms with E-state index in [2.05, 4.69) is 51.6 Å². The molecule has 0 spiro atoms. The highest BCUT2D eigenvalue weighted by atomic mass is 28.2. The Morgan fingerprint density at radius 2 is 1.71 bits per heavy atom. The summed E-state index contributed by atoms with van der Waals surface area (Å²) in [6, 6.07) is 9.79. The molecule has 0 aliphatic heterocycles. The van der Waals surface area contributed by atoms with Crippen LogP contribution in [0.3, 0.4) is 0 Å². The number of hydrogen-bond acceptors (Lipinski definition) is 1. The van der Waals surface area contributed by atoms with Crippen LogP contribution < -0.4 is 4.74 Å². The number of hydrogen-bond donors (Lipinski definition) is 0. The normalized spacial score (nSPS) is 12.3. The van der Waals surface area contributed by atoms with Gasteiger partial charge < -0.3 is 4.74 Å². The van der Waals surface area contributed by atoms with Gasteiger partial charge in [0.1, 0.15) is 11.4 Å². The highest BCUT2D eigenvalue weighted by Crippen LogP contribution is 2.18. The molecule has 0 saturated heterocycles. The zero-order chi connectivity index (χ0) is 10.6. The molecule has 0 amide bonds. The van der Waals surface area contributed by atoms with Crippen molar-refractivity contribution in [2.45, 2.75) is 39.0 Å². The average molecular weight is 208 g/mol. The molecule has 0 unspecified atom stereocenters. The van der Waals surface area contributed by atoms with Crippen molar-refractivity contribution in [3.8, 4) is 5.75 Å². The van der Waals surface area contributed by atoms with Crippen molar-refractivity contribution in [3.05, 3.63) is 29.8 Å². The zero-order valence-corrected chi connectivity index (χ0v) is 11.0. The fourth-order valence-electron chi connectivity index (χ4n) is 1.37. The summed E-state index contributed by atoms with van der Waals surface area (Å²) in [7, 11) is 0.129. The lowest BCUT2D eigenvalue weighted by Crippen LogP contribution is -2.22. The molecule has 0 aliphatic rings. The molecule has 0 heterocycles. The molecule has 1 rings (SSSR count). The predicted molar refractivity (Wildman–Crippen MR) is 64.9 cm³/mol. The van der Waals surface area contributed by atoms with Gasteiger partial charge in [-0.2, -0.15) is 0 Å². The molecule has 0 bridgehead atoms. The Labute approximate surface area is 89.3 Å². The lowest BCUT2D eigenvalue weighted by atomic mass is 10.2. The summed E-state index contributed by atoms with van der Waals surface area (Å²) in [4.78, 5) is 0. The lowest BCUT2D eigenvalue weighted by Gasteiger charge is -2.21. The van der Waals surface area contributed by atoms with E-state index in [-0.39, 0.29) is 15.1 Å². The van der Waals surface area contributed by atoms with Gasteiger partial charge in [0, 0.05) is 9.52 Å². The average Bonchev–Trinajstić information content (AvgIpc) is 2.06. The highest BCUT2D eigenvalue weighted by Gasteiger charge is 2.10. The molecular weight excluding hydrogens is 188 g/mol. The van der Waals surface area contributed by atoms with Crippen LogP contribution in [0.5, 0.6) is 5.75 Å². The first-order valence-electron chi connectivity index (χ1n) is 5.29. The summed E-state index contributed by atoms with van der Waals surface area (Å²) in [5, 5.41) is 0. The Hall–Kier alpha value is -0.763. The third-order valence-electron chi connectivity index (χ3n) is 1.89. The van der Waals surface area contributed by atoms with Gasteiger partial charge >= 0.3 is 0 Å². The van der Waals surface area contributed by atoms with E-state index in [0.29, 0.717) is 0 Å². The van der Waals surface area contributed by atoms with E-state index in [1.165, 1.54) is 11.6 Å². The summed E-state index contributed by atoms with van der Waals surface area (Å²) in [6.07, 6.45) is 0. The molecule has 78 valence electrons. The van der Waals surface area contributed by atoms with Crippen LogP contribution in [0.15, 0.2) is 24.3 Å². The van der Waals surface area contributed by atoms with Crippen LogP contribution in [0.4, 0.5) is 0 Å². The predicted octanol–water partition coefficient (Wildman–Crippen LogP) is 2.58. The molecule has 2 heteroatoms. The summed E-state index contributed by atoms with van der Waals surface area (Å²) in [5.74, 6) is 0.971. The smallest absolute Gasteiger partial charge is 0.120 e. The Morgan fingerprint density at radius 3 is 2.14 bits per heavy atom. The van der Waals surface area contributed by atoms with Gasteiger partial charge in [-0.15, -0.1) is 0 Å². The summed E-state index contributed by atoms with van der Waals surface area (Å²) in [6.45, 7) is 8.54. The van der Waals surface area contributed by atoms with E-state index >= 15 is 0 Å². The first-order valence-corrected chi connectivity index (χ1v) is 7.70. The minimum absolute atomic E-state index is 0.0962. The van der Waals surface area contributed by atoms with Gasteiger partial charge in [-0.1, -0.05) is 24.2 Å². The maximum atomic E-state index is 5.75. The van der Waals surface area contributed by atoms with E-state index in [1.807, 2.05) is 0 Å². The maximum absolute atomic E-state index is 5.75. The van der Waals surface area contributed by atoms with Crippen LogP contribution in [0.25, 0.3) is 0 Å². The van der Waals surface area contributed by atoms with Gasteiger partial charge in [0.15, 0.2) is 0 Å². The Kier molecular flexibility index (Phi) is 3.75. The maximum Gasteiger partial charge on any atom is 0.120 e. The molecule has 0 saturated carbocycles. The van der Waals surface area contributed by atoms with E-state index < -0.39 is 0 Å². The first-order chi connectivity index (χ1) is 6.51. The second-order valence-electron chi connectivity index (χ2n) is 4.61. The van der Waals surface area contributed by atoms with Crippen LogP contribution in [-0.4, -0.2) is 15.1 Å². The summed E-state index contributed by atoms with van der Waals surface area (Å²) >= 11 is 0. The largest absolute Gasteiger partial charge is 0.488 e. The highest BCUT2D eigenvalue weighted by molar-refractivity contribution is 6.32. The van der Waals surface area contributed by atoms with E-state index in [1.54, 1.807) is 0 Å². The molecule has 0 aromatic heterocycles. The van der Waals surface area contributed by atoms with Crippen molar-refractivity contribution >= 4 is 9.52 Å². The molecule has 1 aromatic carbocycles. The monoisotopic (exact) mass is 208 g/mol. The molecule has 0 aliphatic carbocycles. The second kappa shape index (κ2) is 4.65. The van der Waals surface area contributed by atoms with Gasteiger partial charge in [0.05, 0.1) is 0 Å². The van der Waals surface area contributed by atoms with Crippen molar-refractivity contribution in [3.63, 3.8) is 0 Å². The van der Waals surface area contributed by atoms with Crippen LogP contribution >= 0.6 is 0 Å². The molecule has 0 N–H and O–H groups in total. The minimum Gasteiger partial charge on any atom is -0.488 e. The van der Waals surface area contributed by atoms with Crippen LogP contribution in [-0.2, 0) is 6.04 Å². The minimum atomic E-state index is -0.0962. The van der Waals surface area contributed by atoms with Gasteiger partial charge in [-0.05, 0) is 38.9 Å². The first kappa shape index (κ1) is 11.3. The van der Waals surface area contributed by atoms with Crippen LogP contribution in [0.2, 0.25) is 6.55 Å². The van der Waals surface area contributed by atoms with Gasteiger partial charge in [-0.3, -0.25) is 0 Å². The van der Waals surface area contributed by atoms with Crippen molar-refractivity contribution in [2.24, 2.45) is 0 Å². The Morgan fingerprint density at radius 1 is 1.14 bits per heavy atom. The van der Waals surface area contributed by atoms with Crippen LogP contribution in [0.1, 0.15) is 26.3 Å². The van der Waals surface area contributed by atoms with Crippen molar-refractivity contribution in [1.82, 2.24) is 0 Å². The van der Waals surface area contributed by atoms with E-state index in [4.69, 9.17) is 4.74 Å². The number of rotatable bonds is 3. The topological polar surface area (TPSA) is 9.23 Å². The molecule has 14 heavy (non-hydrogen) atoms. The zero-order valence-electron chi connectivity index (χ0n) is 9.63. The van der Waals surface area contributed by atoms with E-state index in [0.717, 1.165) is 5.75 Å². The second-order valence-corrected chi connectivity index (χ2v) is 6.11.